The van der Waals surface area contributed by atoms with E-state index >= 15 is 0 Å². The van der Waals surface area contributed by atoms with Crippen molar-refractivity contribution in [2.24, 2.45) is 0 Å². The number of hydrogen-bond donors (Lipinski definition) is 1. The van der Waals surface area contributed by atoms with Gasteiger partial charge in [-0.1, -0.05) is 24.6 Å². The molecule has 25 heavy (non-hydrogen) atoms. The molecule has 0 heterocycles. The highest BCUT2D eigenvalue weighted by Crippen LogP contribution is 2.28. The Morgan fingerprint density at radius 1 is 1.08 bits per heavy atom. The van der Waals surface area contributed by atoms with Crippen LogP contribution in [0.5, 0.6) is 17.2 Å². The Bertz CT molecular complexity index is 932. The zero-order valence-electron chi connectivity index (χ0n) is 21.6. The molecule has 0 radical (unpaired) electrons. The smallest absolute Gasteiger partial charge is 0.160 e. The molecule has 0 amide bonds. The van der Waals surface area contributed by atoms with Crippen molar-refractivity contribution in [1.82, 2.24) is 0 Å². The summed E-state index contributed by atoms with van der Waals surface area (Å²) in [5.41, 5.74) is 0.955. The third-order valence-electron chi connectivity index (χ3n) is 3.39. The van der Waals surface area contributed by atoms with E-state index in [0.717, 1.165) is 5.56 Å². The number of rotatable bonds is 10. The molecule has 4 nitrogen and oxygen atoms in total. The van der Waals surface area contributed by atoms with Gasteiger partial charge in [-0.05, 0) is 61.5 Å². The van der Waals surface area contributed by atoms with Gasteiger partial charge in [-0.25, -0.2) is 0 Å². The van der Waals surface area contributed by atoms with E-state index in [4.69, 9.17) is 23.8 Å². The Kier molecular flexibility index (Phi) is 4.54. The predicted octanol–water partition coefficient (Wildman–Crippen LogP) is 4.16. The van der Waals surface area contributed by atoms with E-state index in [2.05, 4.69) is 0 Å². The minimum atomic E-state index is -3.32. The molecule has 0 spiro atoms. The van der Waals surface area contributed by atoms with Gasteiger partial charge < -0.3 is 19.3 Å². The minimum Gasteiger partial charge on any atom is -0.493 e. The van der Waals surface area contributed by atoms with Crippen molar-refractivity contribution in [3.05, 3.63) is 53.6 Å². The Morgan fingerprint density at radius 2 is 1.88 bits per heavy atom. The van der Waals surface area contributed by atoms with Crippen LogP contribution < -0.4 is 14.2 Å². The van der Waals surface area contributed by atoms with Crippen LogP contribution in [-0.2, 0) is 6.37 Å². The van der Waals surface area contributed by atoms with Crippen LogP contribution in [-0.4, -0.2) is 32.0 Å². The summed E-state index contributed by atoms with van der Waals surface area (Å²) in [6.45, 7) is -1.36. The highest BCUT2D eigenvalue weighted by atomic mass is 16.5. The van der Waals surface area contributed by atoms with Gasteiger partial charge in [0.2, 0.25) is 0 Å². The quantitative estimate of drug-likeness (QED) is 0.698. The van der Waals surface area contributed by atoms with Gasteiger partial charge in [0.25, 0.3) is 0 Å². The third-order valence-corrected chi connectivity index (χ3v) is 3.39. The molecule has 0 aliphatic carbocycles. The van der Waals surface area contributed by atoms with Crippen LogP contribution in [0.15, 0.2) is 42.5 Å². The van der Waals surface area contributed by atoms with Gasteiger partial charge in [0.1, 0.15) is 12.3 Å². The summed E-state index contributed by atoms with van der Waals surface area (Å²) in [5.74, 6) is 0.748. The maximum absolute atomic E-state index is 10.6. The van der Waals surface area contributed by atoms with Gasteiger partial charge in [0.15, 0.2) is 11.5 Å². The molecule has 1 atom stereocenters. The normalized spacial score (nSPS) is 19.0. The molecule has 0 aromatic heterocycles. The molecule has 2 aromatic rings. The first-order chi connectivity index (χ1) is 14.7. The van der Waals surface area contributed by atoms with Gasteiger partial charge in [0, 0.05) is 5.48 Å². The first-order valence-corrected chi connectivity index (χ1v) is 7.87. The van der Waals surface area contributed by atoms with Crippen LogP contribution in [0.3, 0.4) is 0 Å². The Balaban J connectivity index is 2.21. The van der Waals surface area contributed by atoms with Gasteiger partial charge >= 0.3 is 0 Å². The second kappa shape index (κ2) is 9.94. The zero-order valence-corrected chi connectivity index (χ0v) is 14.6. The molecule has 1 unspecified atom stereocenters. The third kappa shape index (κ3) is 6.31. The van der Waals surface area contributed by atoms with E-state index in [0.29, 0.717) is 11.5 Å². The predicted molar refractivity (Wildman–Crippen MR) is 99.8 cm³/mol. The van der Waals surface area contributed by atoms with Crippen molar-refractivity contribution >= 4 is 0 Å². The van der Waals surface area contributed by atoms with Crippen molar-refractivity contribution in [3.63, 3.8) is 0 Å². The van der Waals surface area contributed by atoms with E-state index in [-0.39, 0.29) is 11.3 Å². The molecule has 136 valence electrons. The lowest BCUT2D eigenvalue weighted by Gasteiger charge is -2.13. The molecule has 0 aliphatic heterocycles. The van der Waals surface area contributed by atoms with E-state index < -0.39 is 38.2 Å². The van der Waals surface area contributed by atoms with Crippen LogP contribution in [0.2, 0.25) is 0 Å². The van der Waals surface area contributed by atoms with E-state index in [1.165, 1.54) is 44.6 Å². The molecule has 2 aromatic carbocycles. The maximum atomic E-state index is 10.6. The van der Waals surface area contributed by atoms with Crippen molar-refractivity contribution in [1.29, 1.82) is 0 Å². The lowest BCUT2D eigenvalue weighted by Crippen LogP contribution is -2.17. The van der Waals surface area contributed by atoms with Crippen molar-refractivity contribution < 1.29 is 28.9 Å². The van der Waals surface area contributed by atoms with E-state index in [1.54, 1.807) is 19.1 Å². The second-order valence-electron chi connectivity index (χ2n) is 5.29. The fourth-order valence-electron chi connectivity index (χ4n) is 2.16. The first kappa shape index (κ1) is 11.4. The number of ether oxygens (including phenoxy) is 3. The van der Waals surface area contributed by atoms with E-state index in [1.807, 2.05) is 0 Å². The summed E-state index contributed by atoms with van der Waals surface area (Å²) < 4.78 is 72.6. The summed E-state index contributed by atoms with van der Waals surface area (Å²) in [4.78, 5) is 0. The van der Waals surface area contributed by atoms with Crippen molar-refractivity contribution in [3.8, 4) is 17.2 Å². The number of methoxy groups -OCH3 is 2. The summed E-state index contributed by atoms with van der Waals surface area (Å²) in [5, 5.41) is 10.6. The molecule has 2 rings (SSSR count). The first-order valence-electron chi connectivity index (χ1n) is 11.4. The minimum absolute atomic E-state index is 0.0390. The van der Waals surface area contributed by atoms with Crippen LogP contribution in [0.4, 0.5) is 0 Å². The SMILES string of the molecule is [2H]C([2H])(CCC([2H])([2H])C([2H])(O)C([2H])([2H])Oc1cccc(C)c1)c1ccc(OC)c(OC)c1. The molecule has 0 aliphatic rings. The van der Waals surface area contributed by atoms with Gasteiger partial charge in [-0.15, -0.1) is 0 Å². The lowest BCUT2D eigenvalue weighted by molar-refractivity contribution is 0.0976. The van der Waals surface area contributed by atoms with Crippen LogP contribution >= 0.6 is 0 Å². The number of aliphatic hydroxyl groups is 1. The molecule has 0 fully saturated rings. The Hall–Kier alpha value is -2.20. The molecule has 0 saturated carbocycles. The molecule has 1 N–H and O–H groups in total. The van der Waals surface area contributed by atoms with Gasteiger partial charge in [-0.2, -0.15) is 0 Å². The van der Waals surface area contributed by atoms with Crippen LogP contribution in [0.1, 0.15) is 39.9 Å². The van der Waals surface area contributed by atoms with Crippen molar-refractivity contribution in [2.45, 2.75) is 38.6 Å². The summed E-state index contributed by atoms with van der Waals surface area (Å²) in [6.07, 6.45) is -9.29. The monoisotopic (exact) mass is 351 g/mol. The van der Waals surface area contributed by atoms with Crippen LogP contribution in [0.25, 0.3) is 0 Å². The summed E-state index contributed by atoms with van der Waals surface area (Å²) in [7, 11) is 2.86. The number of aryl methyl sites for hydroxylation is 2. The molecule has 4 heteroatoms. The average Bonchev–Trinajstić information content (AvgIpc) is 2.71. The number of hydrogen-bond acceptors (Lipinski definition) is 4. The Morgan fingerprint density at radius 3 is 2.60 bits per heavy atom. The molecular weight excluding hydrogens is 316 g/mol. The molecule has 0 saturated heterocycles. The second-order valence-corrected chi connectivity index (χ2v) is 5.29. The van der Waals surface area contributed by atoms with Gasteiger partial charge in [0.05, 0.1) is 24.4 Å². The van der Waals surface area contributed by atoms with E-state index in [9.17, 15) is 5.11 Å². The molecular formula is C21H28O4. The largest absolute Gasteiger partial charge is 0.493 e. The highest BCUT2D eigenvalue weighted by molar-refractivity contribution is 5.42. The number of benzene rings is 2. The van der Waals surface area contributed by atoms with Crippen LogP contribution in [0, 0.1) is 6.92 Å². The Labute approximate surface area is 160 Å². The summed E-state index contributed by atoms with van der Waals surface area (Å²) >= 11 is 0. The highest BCUT2D eigenvalue weighted by Gasteiger charge is 2.07. The average molecular weight is 351 g/mol. The fraction of sp³-hybridized carbons (Fsp3) is 0.429. The zero-order chi connectivity index (χ0) is 24.4. The summed E-state index contributed by atoms with van der Waals surface area (Å²) in [6, 6.07) is 10.7. The van der Waals surface area contributed by atoms with Gasteiger partial charge in [-0.3, -0.25) is 0 Å². The topological polar surface area (TPSA) is 47.9 Å². The lowest BCUT2D eigenvalue weighted by atomic mass is 10.0. The maximum Gasteiger partial charge on any atom is 0.160 e. The fourth-order valence-corrected chi connectivity index (χ4v) is 2.16. The van der Waals surface area contributed by atoms with Crippen molar-refractivity contribution in [2.75, 3.05) is 20.8 Å². The standard InChI is InChI=1S/C21H28O4/c1-16-7-6-10-19(13-16)25-15-18(22)9-5-4-8-17-11-12-20(23-2)21(14-17)24-3/h6-7,10-14,18,22H,4-5,8-9,15H2,1-3H3/i8D2,9D2,15D2,18D. The molecule has 0 bridgehead atoms.